The first-order chi connectivity index (χ1) is 9.10. The zero-order valence-corrected chi connectivity index (χ0v) is 10.6. The van der Waals surface area contributed by atoms with Gasteiger partial charge in [0.2, 0.25) is 0 Å². The van der Waals surface area contributed by atoms with Gasteiger partial charge in [-0.1, -0.05) is 11.6 Å². The maximum Gasteiger partial charge on any atom is 0.387 e. The largest absolute Gasteiger partial charge is 0.493 e. The second-order valence-electron chi connectivity index (χ2n) is 3.49. The van der Waals surface area contributed by atoms with Crippen LogP contribution in [0.2, 0.25) is 5.15 Å². The van der Waals surface area contributed by atoms with Gasteiger partial charge in [-0.25, -0.2) is 0 Å². The van der Waals surface area contributed by atoms with Crippen LogP contribution in [0.3, 0.4) is 0 Å². The van der Waals surface area contributed by atoms with Crippen molar-refractivity contribution in [3.05, 3.63) is 35.5 Å². The van der Waals surface area contributed by atoms with E-state index in [-0.39, 0.29) is 16.7 Å². The minimum Gasteiger partial charge on any atom is -0.493 e. The Kier molecular flexibility index (Phi) is 4.11. The van der Waals surface area contributed by atoms with Crippen molar-refractivity contribution in [3.8, 4) is 22.8 Å². The topological polar surface area (TPSA) is 44.2 Å². The maximum absolute atomic E-state index is 12.2. The van der Waals surface area contributed by atoms with Crippen LogP contribution in [0.1, 0.15) is 0 Å². The van der Waals surface area contributed by atoms with Gasteiger partial charge in [-0.3, -0.25) is 0 Å². The third-order valence-corrected chi connectivity index (χ3v) is 2.51. The van der Waals surface area contributed by atoms with E-state index >= 15 is 0 Å². The van der Waals surface area contributed by atoms with Crippen LogP contribution in [0.15, 0.2) is 30.3 Å². The Morgan fingerprint density at radius 2 is 1.89 bits per heavy atom. The third kappa shape index (κ3) is 3.29. The second-order valence-corrected chi connectivity index (χ2v) is 3.87. The zero-order chi connectivity index (χ0) is 13.8. The Hall–Kier alpha value is -1.95. The van der Waals surface area contributed by atoms with Crippen LogP contribution in [0.5, 0.6) is 11.5 Å². The summed E-state index contributed by atoms with van der Waals surface area (Å²) in [5.41, 5.74) is 1.20. The molecule has 0 radical (unpaired) electrons. The van der Waals surface area contributed by atoms with Crippen molar-refractivity contribution in [2.45, 2.75) is 6.61 Å². The van der Waals surface area contributed by atoms with E-state index < -0.39 is 6.61 Å². The number of alkyl halides is 2. The molecule has 0 unspecified atom stereocenters. The second kappa shape index (κ2) is 5.79. The number of methoxy groups -OCH3 is 1. The van der Waals surface area contributed by atoms with Crippen molar-refractivity contribution in [1.82, 2.24) is 10.2 Å². The molecule has 1 aromatic carbocycles. The molecule has 0 saturated carbocycles. The number of ether oxygens (including phenoxy) is 2. The molecule has 0 atom stereocenters. The first-order valence-electron chi connectivity index (χ1n) is 5.22. The number of hydrogen-bond donors (Lipinski definition) is 0. The van der Waals surface area contributed by atoms with Gasteiger partial charge in [0.15, 0.2) is 16.7 Å². The van der Waals surface area contributed by atoms with Crippen molar-refractivity contribution in [3.63, 3.8) is 0 Å². The van der Waals surface area contributed by atoms with Gasteiger partial charge in [0.25, 0.3) is 0 Å². The fourth-order valence-electron chi connectivity index (χ4n) is 1.49. The van der Waals surface area contributed by atoms with E-state index in [2.05, 4.69) is 14.9 Å². The molecule has 2 rings (SSSR count). The number of hydrogen-bond acceptors (Lipinski definition) is 4. The fraction of sp³-hybridized carbons (Fsp3) is 0.167. The molecule has 0 aliphatic heterocycles. The molecule has 0 spiro atoms. The molecule has 4 nitrogen and oxygen atoms in total. The lowest BCUT2D eigenvalue weighted by Gasteiger charge is -2.11. The van der Waals surface area contributed by atoms with Crippen LogP contribution in [0.25, 0.3) is 11.3 Å². The molecular formula is C12H9ClF2N2O2. The Labute approximate surface area is 112 Å². The highest BCUT2D eigenvalue weighted by atomic mass is 35.5. The smallest absolute Gasteiger partial charge is 0.387 e. The molecule has 7 heteroatoms. The Morgan fingerprint density at radius 3 is 2.47 bits per heavy atom. The highest BCUT2D eigenvalue weighted by Gasteiger charge is 2.12. The van der Waals surface area contributed by atoms with Crippen LogP contribution >= 0.6 is 11.6 Å². The summed E-state index contributed by atoms with van der Waals surface area (Å²) in [6.07, 6.45) is 0. The van der Waals surface area contributed by atoms with Gasteiger partial charge in [-0.15, -0.1) is 10.2 Å². The number of halogens is 3. The van der Waals surface area contributed by atoms with Gasteiger partial charge in [-0.2, -0.15) is 8.78 Å². The molecule has 0 amide bonds. The van der Waals surface area contributed by atoms with Crippen LogP contribution in [0.4, 0.5) is 8.78 Å². The molecular weight excluding hydrogens is 278 g/mol. The lowest BCUT2D eigenvalue weighted by molar-refractivity contribution is -0.0512. The quantitative estimate of drug-likeness (QED) is 0.864. The molecule has 1 aromatic heterocycles. The van der Waals surface area contributed by atoms with Gasteiger partial charge in [-0.05, 0) is 30.3 Å². The Morgan fingerprint density at radius 1 is 1.11 bits per heavy atom. The molecule has 0 aliphatic carbocycles. The molecule has 0 N–H and O–H groups in total. The summed E-state index contributed by atoms with van der Waals surface area (Å²) in [6.45, 7) is -2.91. The molecule has 0 saturated heterocycles. The van der Waals surface area contributed by atoms with E-state index in [4.69, 9.17) is 16.3 Å². The molecule has 0 bridgehead atoms. The Bertz CT molecular complexity index is 564. The van der Waals surface area contributed by atoms with E-state index in [0.717, 1.165) is 0 Å². The molecule has 100 valence electrons. The predicted molar refractivity (Wildman–Crippen MR) is 65.7 cm³/mol. The summed E-state index contributed by atoms with van der Waals surface area (Å²) in [5.74, 6) is 0.151. The average Bonchev–Trinajstić information content (AvgIpc) is 2.39. The van der Waals surface area contributed by atoms with Gasteiger partial charge < -0.3 is 9.47 Å². The summed E-state index contributed by atoms with van der Waals surface area (Å²) in [7, 11) is 1.37. The average molecular weight is 287 g/mol. The van der Waals surface area contributed by atoms with Crippen molar-refractivity contribution in [1.29, 1.82) is 0 Å². The van der Waals surface area contributed by atoms with Crippen molar-refractivity contribution < 1.29 is 18.3 Å². The summed E-state index contributed by atoms with van der Waals surface area (Å²) in [4.78, 5) is 0. The van der Waals surface area contributed by atoms with Crippen LogP contribution < -0.4 is 9.47 Å². The van der Waals surface area contributed by atoms with Gasteiger partial charge >= 0.3 is 6.61 Å². The summed E-state index contributed by atoms with van der Waals surface area (Å²) < 4.78 is 33.7. The van der Waals surface area contributed by atoms with Crippen LogP contribution in [-0.2, 0) is 0 Å². The lowest BCUT2D eigenvalue weighted by atomic mass is 10.1. The van der Waals surface area contributed by atoms with Gasteiger partial charge in [0.05, 0.1) is 12.8 Å². The van der Waals surface area contributed by atoms with E-state index in [1.165, 1.54) is 19.2 Å². The number of aromatic nitrogens is 2. The lowest BCUT2D eigenvalue weighted by Crippen LogP contribution is -2.03. The first-order valence-corrected chi connectivity index (χ1v) is 5.60. The number of nitrogens with zero attached hydrogens (tertiary/aromatic N) is 2. The van der Waals surface area contributed by atoms with Gasteiger partial charge in [0, 0.05) is 5.56 Å². The monoisotopic (exact) mass is 286 g/mol. The first kappa shape index (κ1) is 13.5. The van der Waals surface area contributed by atoms with Crippen LogP contribution in [0, 0.1) is 0 Å². The number of rotatable bonds is 4. The minimum absolute atomic E-state index is 0.0387. The number of benzene rings is 1. The summed E-state index contributed by atoms with van der Waals surface area (Å²) >= 11 is 5.64. The van der Waals surface area contributed by atoms with E-state index in [9.17, 15) is 8.78 Å². The normalized spacial score (nSPS) is 10.6. The van der Waals surface area contributed by atoms with E-state index in [1.54, 1.807) is 18.2 Å². The standard InChI is InChI=1S/C12H9ClF2N2O2/c1-18-10-6-7(2-4-9(10)19-12(14)15)8-3-5-11(13)17-16-8/h2-6,12H,1H3. The fourth-order valence-corrected chi connectivity index (χ4v) is 1.59. The van der Waals surface area contributed by atoms with E-state index in [0.29, 0.717) is 11.3 Å². The molecule has 19 heavy (non-hydrogen) atoms. The highest BCUT2D eigenvalue weighted by Crippen LogP contribution is 2.32. The zero-order valence-electron chi connectivity index (χ0n) is 9.81. The third-order valence-electron chi connectivity index (χ3n) is 2.31. The maximum atomic E-state index is 12.2. The van der Waals surface area contributed by atoms with Crippen molar-refractivity contribution in [2.24, 2.45) is 0 Å². The molecule has 1 heterocycles. The molecule has 2 aromatic rings. The van der Waals surface area contributed by atoms with Crippen molar-refractivity contribution >= 4 is 11.6 Å². The van der Waals surface area contributed by atoms with Crippen molar-refractivity contribution in [2.75, 3.05) is 7.11 Å². The van der Waals surface area contributed by atoms with Gasteiger partial charge in [0.1, 0.15) is 0 Å². The van der Waals surface area contributed by atoms with E-state index in [1.807, 2.05) is 0 Å². The highest BCUT2D eigenvalue weighted by molar-refractivity contribution is 6.29. The predicted octanol–water partition coefficient (Wildman–Crippen LogP) is 3.41. The SMILES string of the molecule is COc1cc(-c2ccc(Cl)nn2)ccc1OC(F)F. The van der Waals surface area contributed by atoms with Crippen LogP contribution in [-0.4, -0.2) is 23.9 Å². The summed E-state index contributed by atoms with van der Waals surface area (Å²) in [5, 5.41) is 7.86. The molecule has 0 aliphatic rings. The Balaban J connectivity index is 2.35. The minimum atomic E-state index is -2.91. The molecule has 0 fully saturated rings. The summed E-state index contributed by atoms with van der Waals surface area (Å²) in [6, 6.07) is 7.75.